The molecule has 6 heterocycles. The van der Waals surface area contributed by atoms with Gasteiger partial charge in [0.2, 0.25) is 0 Å². The number of hydrogen-bond acceptors (Lipinski definition) is 8. The van der Waals surface area contributed by atoms with Gasteiger partial charge in [-0.25, -0.2) is 0 Å². The number of likely N-dealkylation sites (N-methyl/N-ethyl adjacent to an activating group) is 2. The Morgan fingerprint density at radius 1 is 0.241 bits per heavy atom. The van der Waals surface area contributed by atoms with Crippen molar-refractivity contribution in [1.82, 2.24) is 34.3 Å². The molecule has 6 rings (SSSR count). The van der Waals surface area contributed by atoms with Crippen molar-refractivity contribution in [3.63, 3.8) is 0 Å². The van der Waals surface area contributed by atoms with E-state index < -0.39 is 0 Å². The third kappa shape index (κ3) is 26.5. The first-order valence-electron chi connectivity index (χ1n) is 24.5. The Bertz CT molecular complexity index is 885. The standard InChI is InChI=1S/C10H21N.2C9H19N.C8H17NS.C8H17N.C6H14N2/c1-10(2,3)11-8-6-4-5-7-9-11;2*1-9(2,3)10-7-5-4-6-8-10;1-8(2,3)9-4-6-10-7-5-9;1-8(2,3)9-6-4-5-7-9;1-7-3-5-8(2)6-4-7/h4-9H2,1-3H3;2*4-8H2,1-3H3;4-7H2,1-3H3;4-7H2,1-3H3;3-6H2,1-2H3. The van der Waals surface area contributed by atoms with Crippen molar-refractivity contribution in [3.8, 4) is 0 Å². The molecule has 0 N–H and O–H groups in total. The summed E-state index contributed by atoms with van der Waals surface area (Å²) >= 11 is 2.07. The SMILES string of the molecule is CC(C)(C)N1CCCC1.CC(C)(C)N1CCCCC1.CC(C)(C)N1CCCCC1.CC(C)(C)N1CCCCCC1.CC(C)(C)N1CCSCC1.CN1CCN(C)CC1. The van der Waals surface area contributed by atoms with E-state index in [9.17, 15) is 0 Å². The Balaban J connectivity index is 0.000000349. The molecule has 8 heteroatoms. The van der Waals surface area contributed by atoms with E-state index in [1.165, 1.54) is 180 Å². The molecule has 0 radical (unpaired) electrons. The maximum atomic E-state index is 2.61. The van der Waals surface area contributed by atoms with E-state index in [2.05, 4.69) is 164 Å². The van der Waals surface area contributed by atoms with E-state index in [1.807, 2.05) is 0 Å². The highest BCUT2D eigenvalue weighted by Crippen LogP contribution is 2.22. The van der Waals surface area contributed by atoms with Crippen LogP contribution in [0.2, 0.25) is 0 Å². The van der Waals surface area contributed by atoms with Gasteiger partial charge in [-0.2, -0.15) is 11.8 Å². The number of piperidine rings is 2. The molecule has 6 fully saturated rings. The Morgan fingerprint density at radius 2 is 0.414 bits per heavy atom. The molecule has 0 bridgehead atoms. The Kier molecular flexibility index (Phi) is 27.1. The van der Waals surface area contributed by atoms with Crippen molar-refractivity contribution in [2.75, 3.05) is 117 Å². The predicted octanol–water partition coefficient (Wildman–Crippen LogP) is 10.8. The second-order valence-electron chi connectivity index (χ2n) is 23.3. The lowest BCUT2D eigenvalue weighted by Gasteiger charge is -2.38. The summed E-state index contributed by atoms with van der Waals surface area (Å²) in [4.78, 5) is 17.6. The van der Waals surface area contributed by atoms with Gasteiger partial charge in [-0.1, -0.05) is 25.7 Å². The maximum Gasteiger partial charge on any atom is 0.0125 e. The lowest BCUT2D eigenvalue weighted by Crippen LogP contribution is -2.45. The highest BCUT2D eigenvalue weighted by Gasteiger charge is 2.25. The molecule has 0 aliphatic carbocycles. The summed E-state index contributed by atoms with van der Waals surface area (Å²) in [5.41, 5.74) is 2.00. The smallest absolute Gasteiger partial charge is 0.0125 e. The minimum absolute atomic E-state index is 0.390. The fourth-order valence-electron chi connectivity index (χ4n) is 8.40. The zero-order valence-electron chi connectivity index (χ0n) is 42.8. The highest BCUT2D eigenvalue weighted by atomic mass is 32.2. The highest BCUT2D eigenvalue weighted by molar-refractivity contribution is 7.99. The molecule has 6 saturated heterocycles. The molecule has 0 amide bonds. The van der Waals surface area contributed by atoms with Gasteiger partial charge in [0.15, 0.2) is 0 Å². The van der Waals surface area contributed by atoms with Crippen molar-refractivity contribution in [3.05, 3.63) is 0 Å². The van der Waals surface area contributed by atoms with Crippen molar-refractivity contribution in [1.29, 1.82) is 0 Å². The van der Waals surface area contributed by atoms with Gasteiger partial charge in [-0.05, 0) is 222 Å². The molecule has 7 nitrogen and oxygen atoms in total. The topological polar surface area (TPSA) is 22.7 Å². The quantitative estimate of drug-likeness (QED) is 0.238. The van der Waals surface area contributed by atoms with Crippen LogP contribution >= 0.6 is 11.8 Å². The molecule has 0 aromatic rings. The van der Waals surface area contributed by atoms with Crippen LogP contribution in [0.3, 0.4) is 0 Å². The van der Waals surface area contributed by atoms with Crippen molar-refractivity contribution >= 4 is 11.8 Å². The van der Waals surface area contributed by atoms with Crippen LogP contribution in [0.4, 0.5) is 0 Å². The molecule has 0 unspecified atom stereocenters. The average Bonchev–Trinajstić information content (AvgIpc) is 3.57. The first-order valence-corrected chi connectivity index (χ1v) is 25.7. The molecule has 0 atom stereocenters. The van der Waals surface area contributed by atoms with Crippen LogP contribution in [0.15, 0.2) is 0 Å². The normalized spacial score (nSPS) is 23.5. The van der Waals surface area contributed by atoms with E-state index in [0.717, 1.165) is 0 Å². The number of rotatable bonds is 0. The summed E-state index contributed by atoms with van der Waals surface area (Å²) in [5, 5.41) is 0. The van der Waals surface area contributed by atoms with Crippen molar-refractivity contribution in [2.45, 2.75) is 209 Å². The molecule has 0 aromatic heterocycles. The van der Waals surface area contributed by atoms with Crippen LogP contribution in [-0.2, 0) is 0 Å². The van der Waals surface area contributed by atoms with E-state index in [-0.39, 0.29) is 0 Å². The summed E-state index contributed by atoms with van der Waals surface area (Å²) in [5.74, 6) is 2.63. The third-order valence-electron chi connectivity index (χ3n) is 12.9. The maximum absolute atomic E-state index is 2.61. The molecular formula is C50H107N7S. The van der Waals surface area contributed by atoms with Crippen LogP contribution < -0.4 is 0 Å². The van der Waals surface area contributed by atoms with E-state index in [0.29, 0.717) is 27.7 Å². The number of nitrogens with zero attached hydrogens (tertiary/aromatic N) is 7. The summed E-state index contributed by atoms with van der Waals surface area (Å²) in [6.07, 6.45) is 16.9. The molecule has 58 heavy (non-hydrogen) atoms. The number of likely N-dealkylation sites (tertiary alicyclic amines) is 4. The van der Waals surface area contributed by atoms with Gasteiger partial charge in [0.25, 0.3) is 0 Å². The van der Waals surface area contributed by atoms with Crippen LogP contribution in [0.25, 0.3) is 0 Å². The monoisotopic (exact) mass is 838 g/mol. The minimum atomic E-state index is 0.390. The van der Waals surface area contributed by atoms with Crippen molar-refractivity contribution < 1.29 is 0 Å². The number of piperazine rings is 1. The second-order valence-corrected chi connectivity index (χ2v) is 24.5. The van der Waals surface area contributed by atoms with Gasteiger partial charge in [0.1, 0.15) is 0 Å². The fourth-order valence-corrected chi connectivity index (χ4v) is 9.30. The predicted molar refractivity (Wildman–Crippen MR) is 264 cm³/mol. The van der Waals surface area contributed by atoms with Crippen LogP contribution in [0, 0.1) is 0 Å². The van der Waals surface area contributed by atoms with Crippen LogP contribution in [0.1, 0.15) is 181 Å². The van der Waals surface area contributed by atoms with E-state index in [1.54, 1.807) is 0 Å². The van der Waals surface area contributed by atoms with E-state index >= 15 is 0 Å². The Labute approximate surface area is 370 Å². The van der Waals surface area contributed by atoms with E-state index in [4.69, 9.17) is 0 Å². The van der Waals surface area contributed by atoms with Gasteiger partial charge >= 0.3 is 0 Å². The minimum Gasteiger partial charge on any atom is -0.304 e. The number of thioether (sulfide) groups is 1. The molecule has 6 aliphatic rings. The average molecular weight is 839 g/mol. The van der Waals surface area contributed by atoms with Crippen molar-refractivity contribution in [2.24, 2.45) is 0 Å². The summed E-state index contributed by atoms with van der Waals surface area (Å²) < 4.78 is 0. The summed E-state index contributed by atoms with van der Waals surface area (Å²) in [6.45, 7) is 52.5. The Morgan fingerprint density at radius 3 is 0.603 bits per heavy atom. The first-order chi connectivity index (χ1) is 26.8. The molecule has 348 valence electrons. The second kappa shape index (κ2) is 28.0. The van der Waals surface area contributed by atoms with Gasteiger partial charge in [0.05, 0.1) is 0 Å². The fraction of sp³-hybridized carbons (Fsp3) is 1.00. The van der Waals surface area contributed by atoms with Gasteiger partial charge < -0.3 is 9.80 Å². The lowest BCUT2D eigenvalue weighted by atomic mass is 10.0. The number of hydrogen-bond donors (Lipinski definition) is 0. The van der Waals surface area contributed by atoms with Crippen LogP contribution in [0.5, 0.6) is 0 Å². The van der Waals surface area contributed by atoms with Crippen LogP contribution in [-0.4, -0.2) is 179 Å². The summed E-state index contributed by atoms with van der Waals surface area (Å²) in [7, 11) is 4.35. The first kappa shape index (κ1) is 56.1. The molecule has 0 aromatic carbocycles. The summed E-state index contributed by atoms with van der Waals surface area (Å²) in [6, 6.07) is 0. The largest absolute Gasteiger partial charge is 0.304 e. The molecular weight excluding hydrogens is 731 g/mol. The third-order valence-corrected chi connectivity index (χ3v) is 13.8. The van der Waals surface area contributed by atoms with Gasteiger partial charge in [0, 0.05) is 78.5 Å². The zero-order chi connectivity index (χ0) is 44.0. The zero-order valence-corrected chi connectivity index (χ0v) is 43.7. The molecule has 0 spiro atoms. The van der Waals surface area contributed by atoms with Gasteiger partial charge in [-0.3, -0.25) is 24.5 Å². The lowest BCUT2D eigenvalue weighted by molar-refractivity contribution is 0.110. The van der Waals surface area contributed by atoms with Gasteiger partial charge in [-0.15, -0.1) is 0 Å². The Hall–Kier alpha value is 0.0700. The molecule has 6 aliphatic heterocycles. The molecule has 0 saturated carbocycles.